The number of sulfonamides is 1. The molecular formula is C11H16ClN3O2S. The second kappa shape index (κ2) is 5.84. The van der Waals surface area contributed by atoms with Gasteiger partial charge in [-0.3, -0.25) is 4.72 Å². The summed E-state index contributed by atoms with van der Waals surface area (Å²) in [5.41, 5.74) is 0. The topological polar surface area (TPSA) is 72.0 Å². The summed E-state index contributed by atoms with van der Waals surface area (Å²) < 4.78 is 26.4. The van der Waals surface area contributed by atoms with Crippen LogP contribution in [0.2, 0.25) is 5.15 Å². The van der Waals surface area contributed by atoms with Gasteiger partial charge < -0.3 is 0 Å². The van der Waals surface area contributed by atoms with E-state index in [0.29, 0.717) is 0 Å². The summed E-state index contributed by atoms with van der Waals surface area (Å²) in [4.78, 5) is 7.66. The maximum absolute atomic E-state index is 12.0. The van der Waals surface area contributed by atoms with Gasteiger partial charge in [0, 0.05) is 12.4 Å². The molecule has 1 heterocycles. The predicted octanol–water partition coefficient (Wildman–Crippen LogP) is 2.45. The average Bonchev–Trinajstić information content (AvgIpc) is 2.32. The van der Waals surface area contributed by atoms with E-state index in [1.54, 1.807) is 0 Å². The summed E-state index contributed by atoms with van der Waals surface area (Å²) in [6.45, 7) is 0. The van der Waals surface area contributed by atoms with Gasteiger partial charge in [-0.15, -0.1) is 0 Å². The first-order valence-electron chi connectivity index (χ1n) is 6.04. The number of hydrogen-bond acceptors (Lipinski definition) is 4. The van der Waals surface area contributed by atoms with Crippen LogP contribution in [-0.4, -0.2) is 24.1 Å². The van der Waals surface area contributed by atoms with Crippen molar-refractivity contribution in [1.29, 1.82) is 0 Å². The Morgan fingerprint density at radius 1 is 1.22 bits per heavy atom. The summed E-state index contributed by atoms with van der Waals surface area (Å²) in [6, 6.07) is 0. The Labute approximate surface area is 112 Å². The molecule has 0 spiro atoms. The number of rotatable bonds is 4. The van der Waals surface area contributed by atoms with E-state index in [1.165, 1.54) is 18.8 Å². The van der Waals surface area contributed by atoms with Crippen molar-refractivity contribution in [2.24, 2.45) is 5.92 Å². The van der Waals surface area contributed by atoms with Crippen LogP contribution in [0.15, 0.2) is 12.4 Å². The van der Waals surface area contributed by atoms with Crippen LogP contribution in [-0.2, 0) is 10.0 Å². The summed E-state index contributed by atoms with van der Waals surface area (Å²) in [6.07, 6.45) is 8.23. The maximum Gasteiger partial charge on any atom is 0.234 e. The maximum atomic E-state index is 12.0. The van der Waals surface area contributed by atoms with Crippen LogP contribution in [0.5, 0.6) is 0 Å². The summed E-state index contributed by atoms with van der Waals surface area (Å²) >= 11 is 5.77. The molecule has 0 unspecified atom stereocenters. The Bertz CT molecular complexity index is 501. The smallest absolute Gasteiger partial charge is 0.234 e. The van der Waals surface area contributed by atoms with Crippen LogP contribution < -0.4 is 4.72 Å². The van der Waals surface area contributed by atoms with E-state index >= 15 is 0 Å². The highest BCUT2D eigenvalue weighted by atomic mass is 35.5. The lowest BCUT2D eigenvalue weighted by atomic mass is 9.91. The van der Waals surface area contributed by atoms with Crippen LogP contribution >= 0.6 is 11.6 Å². The lowest BCUT2D eigenvalue weighted by molar-refractivity contribution is 0.385. The number of hydrogen-bond donors (Lipinski definition) is 1. The van der Waals surface area contributed by atoms with Crippen LogP contribution in [0.4, 0.5) is 5.82 Å². The van der Waals surface area contributed by atoms with E-state index < -0.39 is 10.0 Å². The highest BCUT2D eigenvalue weighted by Crippen LogP contribution is 2.25. The van der Waals surface area contributed by atoms with Crippen molar-refractivity contribution in [2.75, 3.05) is 10.5 Å². The van der Waals surface area contributed by atoms with Gasteiger partial charge in [0.15, 0.2) is 11.0 Å². The third-order valence-electron chi connectivity index (χ3n) is 3.09. The molecular weight excluding hydrogens is 274 g/mol. The zero-order valence-electron chi connectivity index (χ0n) is 9.97. The van der Waals surface area contributed by atoms with E-state index in [4.69, 9.17) is 11.6 Å². The van der Waals surface area contributed by atoms with Crippen LogP contribution in [0.3, 0.4) is 0 Å². The molecule has 0 atom stereocenters. The number of nitrogens with zero attached hydrogens (tertiary/aromatic N) is 2. The van der Waals surface area contributed by atoms with Crippen molar-refractivity contribution in [3.63, 3.8) is 0 Å². The summed E-state index contributed by atoms with van der Waals surface area (Å²) in [5.74, 6) is 0.488. The van der Waals surface area contributed by atoms with E-state index in [2.05, 4.69) is 14.7 Å². The Hall–Kier alpha value is -0.880. The van der Waals surface area contributed by atoms with Crippen LogP contribution in [0, 0.1) is 5.92 Å². The van der Waals surface area contributed by atoms with Crippen molar-refractivity contribution in [3.8, 4) is 0 Å². The Morgan fingerprint density at radius 3 is 2.56 bits per heavy atom. The summed E-state index contributed by atoms with van der Waals surface area (Å²) in [7, 11) is -3.39. The zero-order chi connectivity index (χ0) is 13.0. The van der Waals surface area contributed by atoms with Gasteiger partial charge in [-0.1, -0.05) is 30.9 Å². The van der Waals surface area contributed by atoms with Crippen molar-refractivity contribution in [1.82, 2.24) is 9.97 Å². The van der Waals surface area contributed by atoms with Gasteiger partial charge in [0.05, 0.1) is 5.75 Å². The minimum atomic E-state index is -3.39. The van der Waals surface area contributed by atoms with Gasteiger partial charge >= 0.3 is 0 Å². The van der Waals surface area contributed by atoms with Gasteiger partial charge in [-0.25, -0.2) is 18.4 Å². The first kappa shape index (κ1) is 13.5. The van der Waals surface area contributed by atoms with Crippen molar-refractivity contribution < 1.29 is 8.42 Å². The van der Waals surface area contributed by atoms with Crippen LogP contribution in [0.25, 0.3) is 0 Å². The second-order valence-corrected chi connectivity index (χ2v) is 6.71. The fourth-order valence-corrected chi connectivity index (χ4v) is 3.93. The van der Waals surface area contributed by atoms with Crippen molar-refractivity contribution in [2.45, 2.75) is 32.1 Å². The molecule has 0 saturated heterocycles. The monoisotopic (exact) mass is 289 g/mol. The molecule has 0 bridgehead atoms. The largest absolute Gasteiger partial charge is 0.265 e. The van der Waals surface area contributed by atoms with E-state index in [0.717, 1.165) is 25.7 Å². The zero-order valence-corrected chi connectivity index (χ0v) is 11.5. The molecule has 1 aromatic rings. The molecule has 1 aromatic heterocycles. The summed E-state index contributed by atoms with van der Waals surface area (Å²) in [5, 5.41) is 0.0738. The second-order valence-electron chi connectivity index (χ2n) is 4.58. The fraction of sp³-hybridized carbons (Fsp3) is 0.636. The minimum absolute atomic E-state index is 0.0738. The third-order valence-corrected chi connectivity index (χ3v) is 4.78. The van der Waals surface area contributed by atoms with Gasteiger partial charge in [0.25, 0.3) is 0 Å². The van der Waals surface area contributed by atoms with Gasteiger partial charge in [0.2, 0.25) is 10.0 Å². The third kappa shape index (κ3) is 3.81. The Kier molecular flexibility index (Phi) is 4.40. The normalized spacial score (nSPS) is 17.6. The van der Waals surface area contributed by atoms with Gasteiger partial charge in [-0.05, 0) is 18.8 Å². The molecule has 0 amide bonds. The quantitative estimate of drug-likeness (QED) is 0.924. The first-order valence-corrected chi connectivity index (χ1v) is 8.07. The van der Waals surface area contributed by atoms with Crippen LogP contribution in [0.1, 0.15) is 32.1 Å². The predicted molar refractivity (Wildman–Crippen MR) is 71.0 cm³/mol. The van der Waals surface area contributed by atoms with E-state index in [9.17, 15) is 8.42 Å². The average molecular weight is 290 g/mol. The molecule has 5 nitrogen and oxygen atoms in total. The van der Waals surface area contributed by atoms with E-state index in [1.807, 2.05) is 0 Å². The Balaban J connectivity index is 2.01. The number of aromatic nitrogens is 2. The van der Waals surface area contributed by atoms with Crippen molar-refractivity contribution in [3.05, 3.63) is 17.5 Å². The fourth-order valence-electron chi connectivity index (χ4n) is 2.24. The number of anilines is 1. The SMILES string of the molecule is O=S(=O)(CC1CCCCC1)Nc1nccnc1Cl. The number of nitrogens with one attached hydrogen (secondary N) is 1. The molecule has 2 rings (SSSR count). The molecule has 1 fully saturated rings. The Morgan fingerprint density at radius 2 is 1.89 bits per heavy atom. The highest BCUT2D eigenvalue weighted by Gasteiger charge is 2.22. The molecule has 100 valence electrons. The lowest BCUT2D eigenvalue weighted by Crippen LogP contribution is -2.24. The molecule has 1 saturated carbocycles. The first-order chi connectivity index (χ1) is 8.57. The minimum Gasteiger partial charge on any atom is -0.265 e. The van der Waals surface area contributed by atoms with E-state index in [-0.39, 0.29) is 22.6 Å². The molecule has 0 radical (unpaired) electrons. The number of halogens is 1. The molecule has 1 aliphatic carbocycles. The molecule has 0 aliphatic heterocycles. The van der Waals surface area contributed by atoms with Crippen molar-refractivity contribution >= 4 is 27.4 Å². The van der Waals surface area contributed by atoms with Gasteiger partial charge in [-0.2, -0.15) is 0 Å². The molecule has 1 N–H and O–H groups in total. The molecule has 18 heavy (non-hydrogen) atoms. The van der Waals surface area contributed by atoms with Gasteiger partial charge in [0.1, 0.15) is 0 Å². The molecule has 0 aromatic carbocycles. The lowest BCUT2D eigenvalue weighted by Gasteiger charge is -2.21. The molecule has 7 heteroatoms. The molecule has 1 aliphatic rings. The highest BCUT2D eigenvalue weighted by molar-refractivity contribution is 7.92. The standard InChI is InChI=1S/C11H16ClN3O2S/c12-10-11(14-7-6-13-10)15-18(16,17)8-9-4-2-1-3-5-9/h6-7,9H,1-5,8H2,(H,14,15).